The number of rotatable bonds is 8. The SMILES string of the molecule is O=S(=O)(Oc1cc(N(c2ccccc2)c2ccc3oc4ccccc4c3c2)c2oc3ccc(N(c4ccccc4)c4ccccc4)cc3c2c1)C(F)(F)F. The molecule has 2 heterocycles. The first-order valence-corrected chi connectivity index (χ1v) is 18.2. The second-order valence-corrected chi connectivity index (χ2v) is 14.1. The Bertz CT molecular complexity index is 2890. The number of hydrogen-bond donors (Lipinski definition) is 0. The van der Waals surface area contributed by atoms with Gasteiger partial charge in [0.25, 0.3) is 0 Å². The minimum Gasteiger partial charge on any atom is -0.456 e. The van der Waals surface area contributed by atoms with Crippen molar-refractivity contribution >= 4 is 88.1 Å². The third kappa shape index (κ3) is 5.75. The minimum absolute atomic E-state index is 0.249. The lowest BCUT2D eigenvalue weighted by Gasteiger charge is -2.26. The Hall–Kier alpha value is -6.72. The van der Waals surface area contributed by atoms with E-state index in [0.717, 1.165) is 27.8 Å². The highest BCUT2D eigenvalue weighted by molar-refractivity contribution is 7.88. The summed E-state index contributed by atoms with van der Waals surface area (Å²) in [5.74, 6) is -0.540. The van der Waals surface area contributed by atoms with E-state index in [1.165, 1.54) is 12.1 Å². The lowest BCUT2D eigenvalue weighted by molar-refractivity contribution is -0.0500. The van der Waals surface area contributed by atoms with Gasteiger partial charge in [0.2, 0.25) is 0 Å². The quantitative estimate of drug-likeness (QED) is 0.113. The lowest BCUT2D eigenvalue weighted by Crippen LogP contribution is -2.28. The molecule has 11 heteroatoms. The number of hydrogen-bond acceptors (Lipinski definition) is 7. The van der Waals surface area contributed by atoms with E-state index < -0.39 is 21.4 Å². The lowest BCUT2D eigenvalue weighted by atomic mass is 10.1. The van der Waals surface area contributed by atoms with Crippen LogP contribution in [0.2, 0.25) is 0 Å². The predicted octanol–water partition coefficient (Wildman–Crippen LogP) is 12.7. The van der Waals surface area contributed by atoms with E-state index in [1.807, 2.05) is 150 Å². The molecule has 2 aromatic heterocycles. The zero-order valence-corrected chi connectivity index (χ0v) is 28.9. The van der Waals surface area contributed by atoms with Gasteiger partial charge in [-0.3, -0.25) is 0 Å². The average molecular weight is 741 g/mol. The molecule has 0 radical (unpaired) electrons. The van der Waals surface area contributed by atoms with Crippen molar-refractivity contribution in [2.75, 3.05) is 9.80 Å². The van der Waals surface area contributed by atoms with Crippen molar-refractivity contribution in [3.05, 3.63) is 164 Å². The van der Waals surface area contributed by atoms with Gasteiger partial charge in [-0.15, -0.1) is 0 Å². The van der Waals surface area contributed by atoms with E-state index >= 15 is 0 Å². The van der Waals surface area contributed by atoms with Gasteiger partial charge >= 0.3 is 15.6 Å². The van der Waals surface area contributed by atoms with Gasteiger partial charge < -0.3 is 22.8 Å². The molecule has 0 aliphatic carbocycles. The molecule has 0 N–H and O–H groups in total. The van der Waals surface area contributed by atoms with Gasteiger partial charge in [0.1, 0.15) is 22.5 Å². The van der Waals surface area contributed by atoms with Crippen molar-refractivity contribution in [1.29, 1.82) is 0 Å². The van der Waals surface area contributed by atoms with Crippen molar-refractivity contribution in [3.8, 4) is 5.75 Å². The summed E-state index contributed by atoms with van der Waals surface area (Å²) in [4.78, 5) is 3.83. The molecule has 0 spiro atoms. The summed E-state index contributed by atoms with van der Waals surface area (Å²) in [6, 6.07) is 49.8. The second kappa shape index (κ2) is 12.7. The predicted molar refractivity (Wildman–Crippen MR) is 206 cm³/mol. The Morgan fingerprint density at radius 2 is 0.944 bits per heavy atom. The number of furan rings is 2. The molecule has 0 aliphatic rings. The molecule has 0 amide bonds. The molecule has 7 nitrogen and oxygen atoms in total. The number of nitrogens with zero attached hydrogens (tertiary/aromatic N) is 2. The summed E-state index contributed by atoms with van der Waals surface area (Å²) in [7, 11) is -6.04. The summed E-state index contributed by atoms with van der Waals surface area (Å²) in [6.45, 7) is 0. The first kappa shape index (κ1) is 33.1. The molecule has 0 saturated heterocycles. The zero-order chi connectivity index (χ0) is 37.0. The summed E-state index contributed by atoms with van der Waals surface area (Å²) in [5.41, 5.74) is 0.357. The van der Waals surface area contributed by atoms with Gasteiger partial charge in [0.05, 0.1) is 5.69 Å². The van der Waals surface area contributed by atoms with Crippen LogP contribution in [-0.4, -0.2) is 13.9 Å². The minimum atomic E-state index is -6.04. The number of anilines is 6. The van der Waals surface area contributed by atoms with Gasteiger partial charge in [-0.25, -0.2) is 0 Å². The van der Waals surface area contributed by atoms with Crippen molar-refractivity contribution < 1.29 is 34.6 Å². The van der Waals surface area contributed by atoms with Crippen LogP contribution in [0.15, 0.2) is 173 Å². The van der Waals surface area contributed by atoms with Crippen LogP contribution in [0.1, 0.15) is 0 Å². The summed E-state index contributed by atoms with van der Waals surface area (Å²) in [5, 5.41) is 2.55. The summed E-state index contributed by atoms with van der Waals surface area (Å²) < 4.78 is 83.7. The Balaban J connectivity index is 1.31. The van der Waals surface area contributed by atoms with E-state index in [0.29, 0.717) is 44.5 Å². The van der Waals surface area contributed by atoms with Crippen LogP contribution in [0.5, 0.6) is 5.75 Å². The number of benzene rings is 7. The third-order valence-electron chi connectivity index (χ3n) is 9.16. The van der Waals surface area contributed by atoms with E-state index in [4.69, 9.17) is 13.0 Å². The number of para-hydroxylation sites is 4. The molecule has 0 saturated carbocycles. The fraction of sp³-hybridized carbons (Fsp3) is 0.0233. The molecule has 9 rings (SSSR count). The maximum absolute atomic E-state index is 13.8. The molecule has 0 atom stereocenters. The smallest absolute Gasteiger partial charge is 0.456 e. The highest BCUT2D eigenvalue weighted by atomic mass is 32.2. The Kier molecular flexibility index (Phi) is 7.82. The largest absolute Gasteiger partial charge is 0.534 e. The van der Waals surface area contributed by atoms with Gasteiger partial charge in [-0.1, -0.05) is 72.8 Å². The monoisotopic (exact) mass is 740 g/mol. The standard InChI is InChI=1S/C43H27F3N2O5S/c44-43(45,46)54(49,50)53-33-26-37-36-24-31(47(28-12-4-1-5-13-28)29-14-6-2-7-15-29)20-23-41(36)52-42(37)38(27-33)48(30-16-8-3-9-17-30)32-21-22-40-35(25-32)34-18-10-11-19-39(34)51-40/h1-27H. The first-order valence-electron chi connectivity index (χ1n) is 16.8. The fourth-order valence-corrected chi connectivity index (χ4v) is 7.25. The zero-order valence-electron chi connectivity index (χ0n) is 28.1. The van der Waals surface area contributed by atoms with Crippen LogP contribution in [0.4, 0.5) is 47.3 Å². The highest BCUT2D eigenvalue weighted by Gasteiger charge is 2.48. The van der Waals surface area contributed by atoms with Gasteiger partial charge in [0, 0.05) is 56.0 Å². The topological polar surface area (TPSA) is 76.1 Å². The van der Waals surface area contributed by atoms with Crippen LogP contribution in [0, 0.1) is 0 Å². The van der Waals surface area contributed by atoms with Gasteiger partial charge in [0.15, 0.2) is 5.58 Å². The molecule has 0 unspecified atom stereocenters. The number of fused-ring (bicyclic) bond motifs is 6. The second-order valence-electron chi connectivity index (χ2n) is 12.5. The highest BCUT2D eigenvalue weighted by Crippen LogP contribution is 2.47. The molecular weight excluding hydrogens is 714 g/mol. The van der Waals surface area contributed by atoms with Crippen molar-refractivity contribution in [3.63, 3.8) is 0 Å². The maximum Gasteiger partial charge on any atom is 0.534 e. The van der Waals surface area contributed by atoms with Crippen LogP contribution in [0.3, 0.4) is 0 Å². The van der Waals surface area contributed by atoms with E-state index in [1.54, 1.807) is 11.0 Å². The van der Waals surface area contributed by atoms with Crippen molar-refractivity contribution in [1.82, 2.24) is 0 Å². The van der Waals surface area contributed by atoms with E-state index in [-0.39, 0.29) is 5.69 Å². The van der Waals surface area contributed by atoms with Crippen molar-refractivity contribution in [2.24, 2.45) is 0 Å². The van der Waals surface area contributed by atoms with E-state index in [2.05, 4.69) is 0 Å². The fourth-order valence-electron chi connectivity index (χ4n) is 6.81. The number of halogens is 3. The number of alkyl halides is 3. The molecule has 266 valence electrons. The molecule has 0 bridgehead atoms. The normalized spacial score (nSPS) is 12.1. The third-order valence-corrected chi connectivity index (χ3v) is 10.1. The molecule has 0 aliphatic heterocycles. The average Bonchev–Trinajstić information content (AvgIpc) is 3.74. The Labute approximate surface area is 306 Å². The molecule has 54 heavy (non-hydrogen) atoms. The first-order chi connectivity index (χ1) is 26.1. The van der Waals surface area contributed by atoms with Crippen LogP contribution < -0.4 is 14.0 Å². The van der Waals surface area contributed by atoms with Crippen LogP contribution >= 0.6 is 0 Å². The Morgan fingerprint density at radius 1 is 0.463 bits per heavy atom. The van der Waals surface area contributed by atoms with Crippen LogP contribution in [0.25, 0.3) is 43.9 Å². The molecular formula is C43H27F3N2O5S. The summed E-state index contributed by atoms with van der Waals surface area (Å²) in [6.07, 6.45) is 0. The summed E-state index contributed by atoms with van der Waals surface area (Å²) >= 11 is 0. The van der Waals surface area contributed by atoms with Crippen molar-refractivity contribution in [2.45, 2.75) is 5.51 Å². The van der Waals surface area contributed by atoms with E-state index in [9.17, 15) is 21.6 Å². The molecule has 0 fully saturated rings. The van der Waals surface area contributed by atoms with Gasteiger partial charge in [-0.05, 0) is 84.9 Å². The van der Waals surface area contributed by atoms with Crippen LogP contribution in [-0.2, 0) is 10.1 Å². The molecule has 7 aromatic carbocycles. The molecule has 9 aromatic rings. The van der Waals surface area contributed by atoms with Gasteiger partial charge in [-0.2, -0.15) is 21.6 Å². The maximum atomic E-state index is 13.8. The Morgan fingerprint density at radius 3 is 1.54 bits per heavy atom.